The molecule has 2 rings (SSSR count). The summed E-state index contributed by atoms with van der Waals surface area (Å²) < 4.78 is 0. The van der Waals surface area contributed by atoms with Crippen LogP contribution >= 0.6 is 11.6 Å². The molecule has 16 heavy (non-hydrogen) atoms. The van der Waals surface area contributed by atoms with Gasteiger partial charge in [0.05, 0.1) is 0 Å². The first-order valence-electron chi connectivity index (χ1n) is 4.52. The molecule has 0 aromatic heterocycles. The fourth-order valence-corrected chi connectivity index (χ4v) is 4.79. The minimum absolute atomic E-state index is 0. The zero-order valence-corrected chi connectivity index (χ0v) is 15.7. The van der Waals surface area contributed by atoms with E-state index in [1.807, 2.05) is 0 Å². The second-order valence-electron chi connectivity index (χ2n) is 3.18. The van der Waals surface area contributed by atoms with Crippen molar-refractivity contribution >= 4 is 20.4 Å². The summed E-state index contributed by atoms with van der Waals surface area (Å²) in [5, 5.41) is 2.73. The van der Waals surface area contributed by atoms with Gasteiger partial charge in [0.25, 0.3) is 0 Å². The molecule has 0 amide bonds. The van der Waals surface area contributed by atoms with Crippen LogP contribution in [0.5, 0.6) is 0 Å². The van der Waals surface area contributed by atoms with Crippen molar-refractivity contribution in [3.05, 3.63) is 46.8 Å². The molecule has 0 nitrogen and oxygen atoms in total. The molecule has 84 valence electrons. The number of hydrogen-bond acceptors (Lipinski definition) is 0. The van der Waals surface area contributed by atoms with Crippen molar-refractivity contribution in [3.8, 4) is 0 Å². The molecule has 0 spiro atoms. The van der Waals surface area contributed by atoms with Gasteiger partial charge in [0.1, 0.15) is 0 Å². The number of hydrogen-bond donors (Lipinski definition) is 0. The molecular weight excluding hydrogens is 445 g/mol. The van der Waals surface area contributed by atoms with E-state index >= 15 is 0 Å². The molecule has 0 fully saturated rings. The molecule has 0 heterocycles. The van der Waals surface area contributed by atoms with Crippen LogP contribution in [-0.2, 0) is 25.8 Å². The number of alkyl halides is 1. The number of allylic oxidation sites excluding steroid dienone is 8. The molecule has 0 aromatic carbocycles. The van der Waals surface area contributed by atoms with E-state index in [2.05, 4.69) is 36.5 Å². The van der Waals surface area contributed by atoms with Crippen LogP contribution in [-0.4, -0.2) is 14.3 Å². The maximum Gasteiger partial charge on any atom is 4.00 e. The van der Waals surface area contributed by atoms with E-state index in [0.29, 0.717) is 0 Å². The van der Waals surface area contributed by atoms with E-state index < -0.39 is 8.80 Å². The van der Waals surface area contributed by atoms with Gasteiger partial charge in [-0.2, -0.15) is 12.2 Å². The zero-order valence-electron chi connectivity index (χ0n) is 8.64. The minimum Gasteiger partial charge on any atom is -1.00 e. The van der Waals surface area contributed by atoms with Crippen LogP contribution in [0, 0.1) is 12.2 Å². The minimum atomic E-state index is -1.11. The molecular formula is C11H11Cl3HfSi. The Labute approximate surface area is 135 Å². The Hall–Kier alpha value is 0.917. The standard InChI is InChI=1S/C11H11ClSi.2ClH.Hf/c12-9-13(10-5-1-2-6-10)11-7-3-4-8-11;;;/h1,3,5,7,13H,2,4,9H2;2*1H;/q-2;;;+4/p-2. The Morgan fingerprint density at radius 1 is 1.06 bits per heavy atom. The third-order valence-electron chi connectivity index (χ3n) is 2.35. The molecule has 0 saturated heterocycles. The molecule has 2 aliphatic carbocycles. The molecule has 5 heteroatoms. The SMILES string of the molecule is ClC[SiH](C1=[C-]CC=C1)C1=[C-]CC=C1.[Cl-].[Cl-].[Hf+4]. The summed E-state index contributed by atoms with van der Waals surface area (Å²) in [6, 6.07) is 0. The Balaban J connectivity index is 0. The van der Waals surface area contributed by atoms with E-state index in [9.17, 15) is 0 Å². The molecule has 0 bridgehead atoms. The Kier molecular flexibility index (Phi) is 11.9. The van der Waals surface area contributed by atoms with Gasteiger partial charge < -0.3 is 24.8 Å². The van der Waals surface area contributed by atoms with Gasteiger partial charge in [0.15, 0.2) is 0 Å². The maximum atomic E-state index is 6.00. The van der Waals surface area contributed by atoms with Crippen molar-refractivity contribution in [3.63, 3.8) is 0 Å². The smallest absolute Gasteiger partial charge is 1.00 e. The average molecular weight is 456 g/mol. The van der Waals surface area contributed by atoms with Crippen molar-refractivity contribution in [2.24, 2.45) is 0 Å². The summed E-state index contributed by atoms with van der Waals surface area (Å²) >= 11 is 6.00. The largest absolute Gasteiger partial charge is 4.00 e. The third-order valence-corrected chi connectivity index (χ3v) is 5.88. The molecule has 0 aromatic rings. The van der Waals surface area contributed by atoms with Gasteiger partial charge in [0.2, 0.25) is 0 Å². The third kappa shape index (κ3) is 4.65. The molecule has 0 aliphatic heterocycles. The first-order chi connectivity index (χ1) is 6.42. The predicted octanol–water partition coefficient (Wildman–Crippen LogP) is -3.55. The van der Waals surface area contributed by atoms with Gasteiger partial charge in [-0.05, 0) is 0 Å². The number of halogens is 3. The summed E-state index contributed by atoms with van der Waals surface area (Å²) in [6.45, 7) is 0. The van der Waals surface area contributed by atoms with Gasteiger partial charge >= 0.3 is 25.8 Å². The summed E-state index contributed by atoms with van der Waals surface area (Å²) in [4.78, 5) is 0. The second-order valence-corrected chi connectivity index (χ2v) is 6.77. The van der Waals surface area contributed by atoms with Gasteiger partial charge in [-0.25, -0.2) is 22.5 Å². The summed E-state index contributed by atoms with van der Waals surface area (Å²) in [5.74, 6) is 0. The number of rotatable bonds is 3. The molecule has 2 aliphatic rings. The van der Waals surface area contributed by atoms with Crippen molar-refractivity contribution in [1.29, 1.82) is 0 Å². The molecule has 0 atom stereocenters. The van der Waals surface area contributed by atoms with E-state index in [0.717, 1.165) is 18.3 Å². The topological polar surface area (TPSA) is 0 Å². The summed E-state index contributed by atoms with van der Waals surface area (Å²) in [5.41, 5.74) is 0.763. The molecule has 0 saturated carbocycles. The van der Waals surface area contributed by atoms with E-state index in [-0.39, 0.29) is 50.7 Å². The van der Waals surface area contributed by atoms with Crippen LogP contribution < -0.4 is 24.8 Å². The molecule has 0 radical (unpaired) electrons. The van der Waals surface area contributed by atoms with E-state index in [1.165, 1.54) is 10.4 Å². The van der Waals surface area contributed by atoms with Crippen molar-refractivity contribution in [1.82, 2.24) is 0 Å². The first-order valence-corrected chi connectivity index (χ1v) is 7.03. The second kappa shape index (κ2) is 9.90. The quantitative estimate of drug-likeness (QED) is 0.235. The fraction of sp³-hybridized carbons (Fsp3) is 0.273. The van der Waals surface area contributed by atoms with Crippen molar-refractivity contribution < 1.29 is 50.7 Å². The maximum absolute atomic E-state index is 6.00. The van der Waals surface area contributed by atoms with Crippen LogP contribution in [0.1, 0.15) is 12.8 Å². The first kappa shape index (κ1) is 19.3. The van der Waals surface area contributed by atoms with Crippen molar-refractivity contribution in [2.75, 3.05) is 5.50 Å². The van der Waals surface area contributed by atoms with Gasteiger partial charge in [-0.3, -0.25) is 12.2 Å². The fourth-order valence-electron chi connectivity index (χ4n) is 1.66. The van der Waals surface area contributed by atoms with Crippen LogP contribution in [0.3, 0.4) is 0 Å². The normalized spacial score (nSPS) is 16.1. The van der Waals surface area contributed by atoms with Crippen LogP contribution in [0.2, 0.25) is 0 Å². The van der Waals surface area contributed by atoms with Gasteiger partial charge in [0, 0.05) is 14.3 Å². The zero-order chi connectivity index (χ0) is 9.10. The van der Waals surface area contributed by atoms with Crippen LogP contribution in [0.25, 0.3) is 0 Å². The molecule has 0 unspecified atom stereocenters. The van der Waals surface area contributed by atoms with Gasteiger partial charge in [-0.15, -0.1) is 24.4 Å². The van der Waals surface area contributed by atoms with E-state index in [1.54, 1.807) is 0 Å². The van der Waals surface area contributed by atoms with Crippen LogP contribution in [0.15, 0.2) is 34.7 Å². The van der Waals surface area contributed by atoms with E-state index in [4.69, 9.17) is 11.6 Å². The van der Waals surface area contributed by atoms with Gasteiger partial charge in [-0.1, -0.05) is 0 Å². The Morgan fingerprint density at radius 2 is 1.50 bits per heavy atom. The summed E-state index contributed by atoms with van der Waals surface area (Å²) in [7, 11) is -1.11. The average Bonchev–Trinajstić information content (AvgIpc) is 2.76. The monoisotopic (exact) mass is 456 g/mol. The summed E-state index contributed by atoms with van der Waals surface area (Å²) in [6.07, 6.45) is 17.3. The van der Waals surface area contributed by atoms with Crippen LogP contribution in [0.4, 0.5) is 0 Å². The molecule has 0 N–H and O–H groups in total. The predicted molar refractivity (Wildman–Crippen MR) is 58.9 cm³/mol. The Morgan fingerprint density at radius 3 is 1.75 bits per heavy atom. The Bertz CT molecular complexity index is 291. The van der Waals surface area contributed by atoms with Crippen molar-refractivity contribution in [2.45, 2.75) is 12.8 Å².